The highest BCUT2D eigenvalue weighted by Crippen LogP contribution is 2.11. The SMILES string of the molecule is CCOC(=O)CCN(CCCOC(C)C)C(=O)Cc1ccc(Cl)cc1. The number of carbonyl (C=O) groups excluding carboxylic acids is 2. The van der Waals surface area contributed by atoms with E-state index in [0.29, 0.717) is 31.3 Å². The maximum absolute atomic E-state index is 12.6. The van der Waals surface area contributed by atoms with Crippen LogP contribution in [0.5, 0.6) is 0 Å². The van der Waals surface area contributed by atoms with Crippen LogP contribution in [0.1, 0.15) is 39.2 Å². The lowest BCUT2D eigenvalue weighted by Gasteiger charge is -2.23. The van der Waals surface area contributed by atoms with Gasteiger partial charge in [0.1, 0.15) is 0 Å². The van der Waals surface area contributed by atoms with Crippen LogP contribution in [0.15, 0.2) is 24.3 Å². The summed E-state index contributed by atoms with van der Waals surface area (Å²) in [6, 6.07) is 7.21. The average molecular weight is 370 g/mol. The van der Waals surface area contributed by atoms with Crippen LogP contribution >= 0.6 is 11.6 Å². The monoisotopic (exact) mass is 369 g/mol. The second kappa shape index (κ2) is 11.9. The summed E-state index contributed by atoms with van der Waals surface area (Å²) in [4.78, 5) is 25.9. The molecule has 0 aliphatic rings. The normalized spacial score (nSPS) is 10.8. The third kappa shape index (κ3) is 9.46. The Morgan fingerprint density at radius 3 is 2.44 bits per heavy atom. The zero-order valence-corrected chi connectivity index (χ0v) is 16.1. The minimum atomic E-state index is -0.287. The van der Waals surface area contributed by atoms with Crippen molar-refractivity contribution >= 4 is 23.5 Å². The van der Waals surface area contributed by atoms with Gasteiger partial charge in [-0.3, -0.25) is 9.59 Å². The Kier molecular flexibility index (Phi) is 10.2. The minimum Gasteiger partial charge on any atom is -0.466 e. The van der Waals surface area contributed by atoms with E-state index < -0.39 is 0 Å². The molecule has 0 N–H and O–H groups in total. The van der Waals surface area contributed by atoms with Gasteiger partial charge in [-0.1, -0.05) is 23.7 Å². The molecule has 0 unspecified atom stereocenters. The Labute approximate surface area is 155 Å². The molecule has 0 radical (unpaired) electrons. The molecule has 0 saturated carbocycles. The maximum atomic E-state index is 12.6. The third-order valence-electron chi connectivity index (χ3n) is 3.54. The standard InChI is InChI=1S/C19H28ClNO4/c1-4-24-19(23)10-12-21(11-5-13-25-15(2)3)18(22)14-16-6-8-17(20)9-7-16/h6-9,15H,4-5,10-14H2,1-3H3. The smallest absolute Gasteiger partial charge is 0.307 e. The number of rotatable bonds is 11. The Bertz CT molecular complexity index is 531. The summed E-state index contributed by atoms with van der Waals surface area (Å²) in [5.41, 5.74) is 0.897. The van der Waals surface area contributed by atoms with Gasteiger partial charge in [-0.05, 0) is 44.9 Å². The van der Waals surface area contributed by atoms with Crippen molar-refractivity contribution in [3.05, 3.63) is 34.9 Å². The Balaban J connectivity index is 2.58. The van der Waals surface area contributed by atoms with Crippen molar-refractivity contribution in [2.45, 2.75) is 46.1 Å². The maximum Gasteiger partial charge on any atom is 0.307 e. The highest BCUT2D eigenvalue weighted by atomic mass is 35.5. The number of carbonyl (C=O) groups is 2. The van der Waals surface area contributed by atoms with Gasteiger partial charge in [0, 0.05) is 24.7 Å². The summed E-state index contributed by atoms with van der Waals surface area (Å²) in [6.07, 6.45) is 1.38. The summed E-state index contributed by atoms with van der Waals surface area (Å²) >= 11 is 5.87. The molecule has 0 aliphatic heterocycles. The molecule has 0 aliphatic carbocycles. The van der Waals surface area contributed by atoms with Crippen molar-refractivity contribution in [3.8, 4) is 0 Å². The van der Waals surface area contributed by atoms with Crippen molar-refractivity contribution in [2.24, 2.45) is 0 Å². The van der Waals surface area contributed by atoms with Crippen LogP contribution in [0.4, 0.5) is 0 Å². The molecular formula is C19H28ClNO4. The van der Waals surface area contributed by atoms with E-state index in [4.69, 9.17) is 21.1 Å². The first-order valence-corrected chi connectivity index (χ1v) is 9.09. The highest BCUT2D eigenvalue weighted by Gasteiger charge is 2.16. The first kappa shape index (κ1) is 21.5. The number of halogens is 1. The van der Waals surface area contributed by atoms with Crippen LogP contribution in [-0.2, 0) is 25.5 Å². The number of esters is 1. The van der Waals surface area contributed by atoms with E-state index >= 15 is 0 Å². The first-order valence-electron chi connectivity index (χ1n) is 8.71. The van der Waals surface area contributed by atoms with E-state index in [-0.39, 0.29) is 30.8 Å². The second-order valence-electron chi connectivity index (χ2n) is 6.01. The molecule has 5 nitrogen and oxygen atoms in total. The molecule has 0 spiro atoms. The number of hydrogen-bond acceptors (Lipinski definition) is 4. The molecule has 1 rings (SSSR count). The number of amides is 1. The van der Waals surface area contributed by atoms with Crippen molar-refractivity contribution in [2.75, 3.05) is 26.3 Å². The zero-order chi connectivity index (χ0) is 18.7. The van der Waals surface area contributed by atoms with E-state index in [0.717, 1.165) is 12.0 Å². The molecule has 0 aromatic heterocycles. The molecule has 25 heavy (non-hydrogen) atoms. The van der Waals surface area contributed by atoms with E-state index in [2.05, 4.69) is 0 Å². The fourth-order valence-corrected chi connectivity index (χ4v) is 2.41. The van der Waals surface area contributed by atoms with Crippen molar-refractivity contribution in [1.29, 1.82) is 0 Å². The van der Waals surface area contributed by atoms with Gasteiger partial charge in [0.2, 0.25) is 5.91 Å². The largest absolute Gasteiger partial charge is 0.466 e. The molecule has 140 valence electrons. The van der Waals surface area contributed by atoms with Crippen molar-refractivity contribution in [1.82, 2.24) is 4.90 Å². The predicted octanol–water partition coefficient (Wildman–Crippen LogP) is 3.48. The molecule has 0 bridgehead atoms. The molecular weight excluding hydrogens is 342 g/mol. The summed E-state index contributed by atoms with van der Waals surface area (Å²) in [5, 5.41) is 0.640. The number of ether oxygens (including phenoxy) is 2. The summed E-state index contributed by atoms with van der Waals surface area (Å²) in [7, 11) is 0. The van der Waals surface area contributed by atoms with Gasteiger partial charge in [-0.15, -0.1) is 0 Å². The van der Waals surface area contributed by atoms with Gasteiger partial charge in [-0.2, -0.15) is 0 Å². The summed E-state index contributed by atoms with van der Waals surface area (Å²) in [5.74, 6) is -0.304. The van der Waals surface area contributed by atoms with Crippen LogP contribution in [0.25, 0.3) is 0 Å². The highest BCUT2D eigenvalue weighted by molar-refractivity contribution is 6.30. The van der Waals surface area contributed by atoms with Crippen LogP contribution in [0.3, 0.4) is 0 Å². The lowest BCUT2D eigenvalue weighted by molar-refractivity contribution is -0.144. The molecule has 6 heteroatoms. The van der Waals surface area contributed by atoms with Crippen molar-refractivity contribution in [3.63, 3.8) is 0 Å². The summed E-state index contributed by atoms with van der Waals surface area (Å²) < 4.78 is 10.5. The second-order valence-corrected chi connectivity index (χ2v) is 6.45. The van der Waals surface area contributed by atoms with Gasteiger partial charge in [0.05, 0.1) is 25.6 Å². The Morgan fingerprint density at radius 1 is 1.16 bits per heavy atom. The topological polar surface area (TPSA) is 55.8 Å². The third-order valence-corrected chi connectivity index (χ3v) is 3.79. The Hall–Kier alpha value is -1.59. The molecule has 1 aromatic rings. The lowest BCUT2D eigenvalue weighted by Crippen LogP contribution is -2.35. The van der Waals surface area contributed by atoms with Crippen LogP contribution < -0.4 is 0 Å². The van der Waals surface area contributed by atoms with Crippen LogP contribution in [0, 0.1) is 0 Å². The molecule has 0 fully saturated rings. The van der Waals surface area contributed by atoms with Gasteiger partial charge < -0.3 is 14.4 Å². The zero-order valence-electron chi connectivity index (χ0n) is 15.3. The predicted molar refractivity (Wildman–Crippen MR) is 98.7 cm³/mol. The van der Waals surface area contributed by atoms with E-state index in [1.165, 1.54) is 0 Å². The molecule has 1 aromatic carbocycles. The van der Waals surface area contributed by atoms with Crippen LogP contribution in [0.2, 0.25) is 5.02 Å². The van der Waals surface area contributed by atoms with Gasteiger partial charge in [0.15, 0.2) is 0 Å². The fourth-order valence-electron chi connectivity index (χ4n) is 2.28. The molecule has 1 amide bonds. The van der Waals surface area contributed by atoms with E-state index in [1.807, 2.05) is 26.0 Å². The van der Waals surface area contributed by atoms with E-state index in [9.17, 15) is 9.59 Å². The quantitative estimate of drug-likeness (QED) is 0.442. The van der Waals surface area contributed by atoms with Crippen molar-refractivity contribution < 1.29 is 19.1 Å². The van der Waals surface area contributed by atoms with Gasteiger partial charge in [0.25, 0.3) is 0 Å². The minimum absolute atomic E-state index is 0.0174. The van der Waals surface area contributed by atoms with Gasteiger partial charge >= 0.3 is 5.97 Å². The fraction of sp³-hybridized carbons (Fsp3) is 0.579. The molecule has 0 heterocycles. The number of nitrogens with zero attached hydrogens (tertiary/aromatic N) is 1. The summed E-state index contributed by atoms with van der Waals surface area (Å²) in [6.45, 7) is 7.56. The number of benzene rings is 1. The Morgan fingerprint density at radius 2 is 1.84 bits per heavy atom. The van der Waals surface area contributed by atoms with Gasteiger partial charge in [-0.25, -0.2) is 0 Å². The molecule has 0 saturated heterocycles. The molecule has 0 atom stereocenters. The number of hydrogen-bond donors (Lipinski definition) is 0. The van der Waals surface area contributed by atoms with Crippen LogP contribution in [-0.4, -0.2) is 49.2 Å². The first-order chi connectivity index (χ1) is 11.9. The lowest BCUT2D eigenvalue weighted by atomic mass is 10.1. The average Bonchev–Trinajstić information content (AvgIpc) is 2.56. The van der Waals surface area contributed by atoms with E-state index in [1.54, 1.807) is 24.0 Å².